The molecule has 0 saturated carbocycles. The van der Waals surface area contributed by atoms with E-state index in [1.807, 2.05) is 0 Å². The Hall–Kier alpha value is -1.17. The third-order valence-electron chi connectivity index (χ3n) is 1.55. The van der Waals surface area contributed by atoms with Gasteiger partial charge in [-0.1, -0.05) is 0 Å². The Morgan fingerprint density at radius 3 is 2.80 bits per heavy atom. The van der Waals surface area contributed by atoms with Crippen LogP contribution >= 0.6 is 15.9 Å². The molecule has 0 unspecified atom stereocenters. The lowest BCUT2D eigenvalue weighted by molar-refractivity contribution is 0.168. The highest BCUT2D eigenvalue weighted by Gasteiger charge is 2.13. The fraction of sp³-hybridized carbons (Fsp3) is 0.222. The van der Waals surface area contributed by atoms with Gasteiger partial charge < -0.3 is 4.74 Å². The number of carbonyl (C=O) groups is 1. The van der Waals surface area contributed by atoms with Crippen LogP contribution in [0.5, 0.6) is 0 Å². The molecule has 0 spiro atoms. The number of amides is 1. The Labute approximate surface area is 93.5 Å². The highest BCUT2D eigenvalue weighted by atomic mass is 79.9. The maximum Gasteiger partial charge on any atom is 0.411 e. The summed E-state index contributed by atoms with van der Waals surface area (Å²) in [5.74, 6) is -2.04. The van der Waals surface area contributed by atoms with Crippen LogP contribution in [0.4, 0.5) is 19.3 Å². The second kappa shape index (κ2) is 5.06. The minimum absolute atomic E-state index is 0.118. The molecule has 3 nitrogen and oxygen atoms in total. The molecule has 0 aliphatic rings. The van der Waals surface area contributed by atoms with E-state index in [4.69, 9.17) is 0 Å². The fourth-order valence-corrected chi connectivity index (χ4v) is 1.32. The zero-order chi connectivity index (χ0) is 11.4. The predicted octanol–water partition coefficient (Wildman–Crippen LogP) is 3.30. The lowest BCUT2D eigenvalue weighted by atomic mass is 10.3. The third kappa shape index (κ3) is 2.89. The van der Waals surface area contributed by atoms with Crippen molar-refractivity contribution < 1.29 is 18.3 Å². The van der Waals surface area contributed by atoms with Crippen molar-refractivity contribution in [1.29, 1.82) is 0 Å². The molecule has 1 aromatic rings. The van der Waals surface area contributed by atoms with Crippen LogP contribution in [-0.2, 0) is 4.74 Å². The van der Waals surface area contributed by atoms with Crippen LogP contribution in [0.25, 0.3) is 0 Å². The molecule has 6 heteroatoms. The van der Waals surface area contributed by atoms with Crippen molar-refractivity contribution in [3.63, 3.8) is 0 Å². The van der Waals surface area contributed by atoms with Crippen molar-refractivity contribution >= 4 is 27.7 Å². The summed E-state index contributed by atoms with van der Waals surface area (Å²) in [6.45, 7) is 1.84. The van der Waals surface area contributed by atoms with E-state index in [0.29, 0.717) is 0 Å². The van der Waals surface area contributed by atoms with Crippen molar-refractivity contribution in [3.05, 3.63) is 28.2 Å². The molecule has 1 N–H and O–H groups in total. The van der Waals surface area contributed by atoms with Crippen molar-refractivity contribution in [2.24, 2.45) is 0 Å². The standard InChI is InChI=1S/C9H8BrF2NO2/c1-2-15-9(14)13-6-4-3-5(11)8(12)7(6)10/h3-4H,2H2,1H3,(H,13,14). The Morgan fingerprint density at radius 1 is 1.53 bits per heavy atom. The third-order valence-corrected chi connectivity index (χ3v) is 2.32. The fourth-order valence-electron chi connectivity index (χ4n) is 0.900. The second-order valence-electron chi connectivity index (χ2n) is 2.57. The molecule has 0 heterocycles. The SMILES string of the molecule is CCOC(=O)Nc1ccc(F)c(F)c1Br. The molecule has 0 aliphatic carbocycles. The summed E-state index contributed by atoms with van der Waals surface area (Å²) in [6.07, 6.45) is -0.718. The lowest BCUT2D eigenvalue weighted by Gasteiger charge is -2.07. The van der Waals surface area contributed by atoms with E-state index in [1.165, 1.54) is 6.07 Å². The van der Waals surface area contributed by atoms with E-state index in [9.17, 15) is 13.6 Å². The van der Waals surface area contributed by atoms with Crippen molar-refractivity contribution in [2.75, 3.05) is 11.9 Å². The van der Waals surface area contributed by atoms with Gasteiger partial charge in [0.15, 0.2) is 11.6 Å². The first-order valence-corrected chi connectivity index (χ1v) is 4.92. The van der Waals surface area contributed by atoms with Gasteiger partial charge in [0.1, 0.15) is 0 Å². The number of hydrogen-bond donors (Lipinski definition) is 1. The number of hydrogen-bond acceptors (Lipinski definition) is 2. The minimum atomic E-state index is -1.05. The van der Waals surface area contributed by atoms with Crippen LogP contribution in [0.2, 0.25) is 0 Å². The van der Waals surface area contributed by atoms with Crippen LogP contribution in [-0.4, -0.2) is 12.7 Å². The van der Waals surface area contributed by atoms with Crippen molar-refractivity contribution in [3.8, 4) is 0 Å². The van der Waals surface area contributed by atoms with E-state index in [0.717, 1.165) is 6.07 Å². The van der Waals surface area contributed by atoms with E-state index >= 15 is 0 Å². The second-order valence-corrected chi connectivity index (χ2v) is 3.36. The summed E-state index contributed by atoms with van der Waals surface area (Å²) < 4.78 is 30.2. The number of rotatable bonds is 2. The van der Waals surface area contributed by atoms with Gasteiger partial charge in [-0.2, -0.15) is 0 Å². The van der Waals surface area contributed by atoms with Crippen LogP contribution in [0, 0.1) is 11.6 Å². The zero-order valence-corrected chi connectivity index (χ0v) is 9.40. The average molecular weight is 280 g/mol. The van der Waals surface area contributed by atoms with Gasteiger partial charge in [-0.15, -0.1) is 0 Å². The van der Waals surface area contributed by atoms with Gasteiger partial charge in [0.25, 0.3) is 0 Å². The molecule has 0 aromatic heterocycles. The molecule has 82 valence electrons. The number of ether oxygens (including phenoxy) is 1. The van der Waals surface area contributed by atoms with Gasteiger partial charge in [0.2, 0.25) is 0 Å². The molecule has 0 fully saturated rings. The topological polar surface area (TPSA) is 38.3 Å². The number of anilines is 1. The lowest BCUT2D eigenvalue weighted by Crippen LogP contribution is -2.14. The molecule has 1 amide bonds. The van der Waals surface area contributed by atoms with E-state index < -0.39 is 17.7 Å². The molecule has 1 rings (SSSR count). The highest BCUT2D eigenvalue weighted by Crippen LogP contribution is 2.27. The first-order valence-electron chi connectivity index (χ1n) is 4.13. The normalized spacial score (nSPS) is 9.87. The van der Waals surface area contributed by atoms with E-state index in [1.54, 1.807) is 6.92 Å². The Bertz CT molecular complexity index is 385. The van der Waals surface area contributed by atoms with Crippen molar-refractivity contribution in [2.45, 2.75) is 6.92 Å². The smallest absolute Gasteiger partial charge is 0.411 e. The molecular weight excluding hydrogens is 272 g/mol. The molecule has 15 heavy (non-hydrogen) atoms. The van der Waals surface area contributed by atoms with E-state index in [2.05, 4.69) is 26.0 Å². The van der Waals surface area contributed by atoms with Gasteiger partial charge in [-0.3, -0.25) is 5.32 Å². The number of halogens is 3. The summed E-state index contributed by atoms with van der Waals surface area (Å²) in [5, 5.41) is 2.26. The van der Waals surface area contributed by atoms with Gasteiger partial charge in [-0.05, 0) is 35.0 Å². The molecular formula is C9H8BrF2NO2. The summed E-state index contributed by atoms with van der Waals surface area (Å²) in [6, 6.07) is 2.15. The van der Waals surface area contributed by atoms with Crippen LogP contribution < -0.4 is 5.32 Å². The molecule has 0 saturated heterocycles. The van der Waals surface area contributed by atoms with Gasteiger partial charge in [0.05, 0.1) is 16.8 Å². The number of benzene rings is 1. The summed E-state index contributed by atoms with van der Waals surface area (Å²) in [5.41, 5.74) is 0.118. The predicted molar refractivity (Wildman–Crippen MR) is 54.7 cm³/mol. The zero-order valence-electron chi connectivity index (χ0n) is 7.81. The number of carbonyl (C=O) groups excluding carboxylic acids is 1. The molecule has 0 radical (unpaired) electrons. The highest BCUT2D eigenvalue weighted by molar-refractivity contribution is 9.10. The van der Waals surface area contributed by atoms with E-state index in [-0.39, 0.29) is 16.8 Å². The average Bonchev–Trinajstić information content (AvgIpc) is 2.20. The Balaban J connectivity index is 2.87. The molecule has 1 aromatic carbocycles. The maximum atomic E-state index is 13.0. The van der Waals surface area contributed by atoms with Crippen molar-refractivity contribution in [1.82, 2.24) is 0 Å². The molecule has 0 aliphatic heterocycles. The number of nitrogens with one attached hydrogen (secondary N) is 1. The maximum absolute atomic E-state index is 13.0. The largest absolute Gasteiger partial charge is 0.450 e. The van der Waals surface area contributed by atoms with Crippen LogP contribution in [0.15, 0.2) is 16.6 Å². The quantitative estimate of drug-likeness (QED) is 0.844. The summed E-state index contributed by atoms with van der Waals surface area (Å²) >= 11 is 2.83. The monoisotopic (exact) mass is 279 g/mol. The van der Waals surface area contributed by atoms with Gasteiger partial charge >= 0.3 is 6.09 Å². The first kappa shape index (κ1) is 11.9. The van der Waals surface area contributed by atoms with Gasteiger partial charge in [-0.25, -0.2) is 13.6 Å². The first-order chi connectivity index (χ1) is 7.06. The molecule has 0 bridgehead atoms. The summed E-state index contributed by atoms with van der Waals surface area (Å²) in [7, 11) is 0. The minimum Gasteiger partial charge on any atom is -0.450 e. The Kier molecular flexibility index (Phi) is 4.02. The van der Waals surface area contributed by atoms with Crippen LogP contribution in [0.3, 0.4) is 0 Å². The van der Waals surface area contributed by atoms with Crippen LogP contribution in [0.1, 0.15) is 6.92 Å². The Morgan fingerprint density at radius 2 is 2.20 bits per heavy atom. The molecule has 0 atom stereocenters. The summed E-state index contributed by atoms with van der Waals surface area (Å²) in [4.78, 5) is 11.0. The van der Waals surface area contributed by atoms with Gasteiger partial charge in [0, 0.05) is 0 Å².